The van der Waals surface area contributed by atoms with Gasteiger partial charge < -0.3 is 16.2 Å². The summed E-state index contributed by atoms with van der Waals surface area (Å²) >= 11 is 0. The summed E-state index contributed by atoms with van der Waals surface area (Å²) in [6.07, 6.45) is 5.72. The zero-order valence-electron chi connectivity index (χ0n) is 23.9. The molecule has 218 valence electrons. The molecule has 0 aliphatic carbocycles. The van der Waals surface area contributed by atoms with Gasteiger partial charge in [-0.3, -0.25) is 0 Å². The molecule has 0 spiro atoms. The highest BCUT2D eigenvalue weighted by molar-refractivity contribution is 5.44. The normalized spacial score (nSPS) is 14.8. The van der Waals surface area contributed by atoms with Gasteiger partial charge in [-0.1, -0.05) is 101 Å². The van der Waals surface area contributed by atoms with E-state index in [1.807, 2.05) is 24.3 Å². The first-order valence-electron chi connectivity index (χ1n) is 14.7. The molecule has 3 atom stereocenters. The molecule has 3 unspecified atom stereocenters. The second-order valence-corrected chi connectivity index (χ2v) is 11.1. The van der Waals surface area contributed by atoms with E-state index >= 15 is 13.2 Å². The Bertz CT molecular complexity index is 1150. The third kappa shape index (κ3) is 8.94. The molecule has 0 radical (unpaired) electrons. The Balaban J connectivity index is 1.93. The number of unbranched alkanes of at least 4 members (excludes halogenated alkanes) is 7. The van der Waals surface area contributed by atoms with Crippen LogP contribution in [0.2, 0.25) is 0 Å². The van der Waals surface area contributed by atoms with Crippen LogP contribution < -0.4 is 16.2 Å². The number of halogens is 3. The smallest absolute Gasteiger partial charge is 0.428 e. The lowest BCUT2D eigenvalue weighted by molar-refractivity contribution is -0.251. The molecule has 4 N–H and O–H groups in total. The number of rotatable bonds is 16. The molecule has 0 fully saturated rings. The first-order valence-corrected chi connectivity index (χ1v) is 14.7. The van der Waals surface area contributed by atoms with Crippen LogP contribution in [-0.4, -0.2) is 11.8 Å². The van der Waals surface area contributed by atoms with Crippen molar-refractivity contribution in [3.63, 3.8) is 0 Å². The number of hydrogen-bond donors (Lipinski definition) is 2. The average Bonchev–Trinajstić information content (AvgIpc) is 2.91. The quantitative estimate of drug-likeness (QED) is 0.137. The zero-order chi connectivity index (χ0) is 29.0. The molecule has 0 aliphatic rings. The lowest BCUT2D eigenvalue weighted by Crippen LogP contribution is -2.52. The minimum Gasteiger partial charge on any atom is -0.477 e. The molecule has 3 nitrogen and oxygen atoms in total. The van der Waals surface area contributed by atoms with Gasteiger partial charge in [0.1, 0.15) is 5.75 Å². The molecule has 0 aromatic heterocycles. The van der Waals surface area contributed by atoms with Gasteiger partial charge in [0.15, 0.2) is 0 Å². The molecule has 6 heteroatoms. The van der Waals surface area contributed by atoms with Crippen molar-refractivity contribution in [1.82, 2.24) is 0 Å². The zero-order valence-corrected chi connectivity index (χ0v) is 23.9. The minimum absolute atomic E-state index is 0.129. The predicted molar refractivity (Wildman–Crippen MR) is 161 cm³/mol. The highest BCUT2D eigenvalue weighted by atomic mass is 19.4. The van der Waals surface area contributed by atoms with Gasteiger partial charge >= 0.3 is 6.18 Å². The van der Waals surface area contributed by atoms with Crippen LogP contribution in [0.25, 0.3) is 0 Å². The predicted octanol–water partition coefficient (Wildman–Crippen LogP) is 10.0. The Kier molecular flexibility index (Phi) is 11.8. The summed E-state index contributed by atoms with van der Waals surface area (Å²) in [6, 6.07) is 22.6. The highest BCUT2D eigenvalue weighted by Crippen LogP contribution is 2.49. The molecule has 0 saturated heterocycles. The number of nitrogen functional groups attached to an aromatic ring is 2. The van der Waals surface area contributed by atoms with Crippen LogP contribution in [0.4, 0.5) is 24.5 Å². The summed E-state index contributed by atoms with van der Waals surface area (Å²) in [4.78, 5) is 0. The number of alkyl halides is 3. The first-order chi connectivity index (χ1) is 19.1. The van der Waals surface area contributed by atoms with Crippen molar-refractivity contribution >= 4 is 11.4 Å². The molecule has 0 heterocycles. The summed E-state index contributed by atoms with van der Waals surface area (Å²) < 4.78 is 51.0. The Labute approximate surface area is 238 Å². The lowest BCUT2D eigenvalue weighted by Gasteiger charge is -2.41. The van der Waals surface area contributed by atoms with Gasteiger partial charge in [0.2, 0.25) is 5.60 Å². The lowest BCUT2D eigenvalue weighted by atomic mass is 9.74. The number of benzene rings is 3. The summed E-state index contributed by atoms with van der Waals surface area (Å²) in [7, 11) is 0. The summed E-state index contributed by atoms with van der Waals surface area (Å²) in [5.74, 6) is -0.951. The van der Waals surface area contributed by atoms with Gasteiger partial charge in [0, 0.05) is 17.3 Å². The Hall–Kier alpha value is -3.15. The van der Waals surface area contributed by atoms with Crippen LogP contribution in [0.3, 0.4) is 0 Å². The van der Waals surface area contributed by atoms with E-state index in [2.05, 4.69) is 6.92 Å². The maximum Gasteiger partial charge on any atom is 0.428 e. The molecule has 3 aromatic rings. The second-order valence-electron chi connectivity index (χ2n) is 11.1. The van der Waals surface area contributed by atoms with E-state index in [-0.39, 0.29) is 18.1 Å². The van der Waals surface area contributed by atoms with Gasteiger partial charge in [0.25, 0.3) is 0 Å². The highest BCUT2D eigenvalue weighted by Gasteiger charge is 2.59. The van der Waals surface area contributed by atoms with E-state index in [4.69, 9.17) is 16.2 Å². The van der Waals surface area contributed by atoms with Gasteiger partial charge in [-0.25, -0.2) is 0 Å². The standard InChI is InChI=1S/C34H45F3N2O/c1-3-4-5-6-7-8-9-11-16-27(26-17-14-19-29(38)23-26)25-32(28-18-15-20-30(39)24-28)33(2,34(35,36)37)40-31-21-12-10-13-22-31/h10,12-15,17-24,27,32H,3-9,11,16,25,38-39H2,1-2H3. The topological polar surface area (TPSA) is 61.3 Å². The van der Waals surface area contributed by atoms with Gasteiger partial charge in [-0.15, -0.1) is 0 Å². The van der Waals surface area contributed by atoms with Crippen LogP contribution in [0.15, 0.2) is 78.9 Å². The molecular formula is C34H45F3N2O. The fourth-order valence-electron chi connectivity index (χ4n) is 5.56. The van der Waals surface area contributed by atoms with Crippen LogP contribution in [0, 0.1) is 0 Å². The number of nitrogens with two attached hydrogens (primary N) is 2. The summed E-state index contributed by atoms with van der Waals surface area (Å²) in [6.45, 7) is 3.38. The van der Waals surface area contributed by atoms with Gasteiger partial charge in [0.05, 0.1) is 0 Å². The van der Waals surface area contributed by atoms with Crippen molar-refractivity contribution in [2.24, 2.45) is 0 Å². The summed E-state index contributed by atoms with van der Waals surface area (Å²) in [5, 5.41) is 0. The van der Waals surface area contributed by atoms with Crippen molar-refractivity contribution in [3.05, 3.63) is 90.0 Å². The fourth-order valence-corrected chi connectivity index (χ4v) is 5.56. The van der Waals surface area contributed by atoms with E-state index in [0.717, 1.165) is 31.2 Å². The van der Waals surface area contributed by atoms with Crippen molar-refractivity contribution < 1.29 is 17.9 Å². The van der Waals surface area contributed by atoms with Crippen LogP contribution in [0.1, 0.15) is 101 Å². The van der Waals surface area contributed by atoms with Crippen molar-refractivity contribution in [3.8, 4) is 5.75 Å². The Morgan fingerprint density at radius 3 is 1.82 bits per heavy atom. The number of hydrogen-bond acceptors (Lipinski definition) is 3. The number of para-hydroxylation sites is 1. The molecular weight excluding hydrogens is 509 g/mol. The molecule has 3 rings (SSSR count). The second kappa shape index (κ2) is 15.0. The third-order valence-corrected chi connectivity index (χ3v) is 7.92. The maximum atomic E-state index is 15.0. The van der Waals surface area contributed by atoms with Gasteiger partial charge in [-0.2, -0.15) is 13.2 Å². The largest absolute Gasteiger partial charge is 0.477 e. The van der Waals surface area contributed by atoms with Crippen molar-refractivity contribution in [1.29, 1.82) is 0 Å². The van der Waals surface area contributed by atoms with E-state index in [0.29, 0.717) is 16.9 Å². The Morgan fingerprint density at radius 1 is 0.700 bits per heavy atom. The SMILES string of the molecule is CCCCCCCCCCC(CC(c1cccc(N)c1)C(C)(Oc1ccccc1)C(F)(F)F)c1cccc(N)c1. The van der Waals surface area contributed by atoms with E-state index in [1.54, 1.807) is 54.6 Å². The Morgan fingerprint density at radius 2 is 1.25 bits per heavy atom. The maximum absolute atomic E-state index is 15.0. The summed E-state index contributed by atoms with van der Waals surface area (Å²) in [5.41, 5.74) is 12.2. The van der Waals surface area contributed by atoms with Gasteiger partial charge in [-0.05, 0) is 73.2 Å². The monoisotopic (exact) mass is 554 g/mol. The fraction of sp³-hybridized carbons (Fsp3) is 0.471. The number of ether oxygens (including phenoxy) is 1. The molecule has 0 aliphatic heterocycles. The molecule has 0 bridgehead atoms. The molecule has 0 saturated carbocycles. The van der Waals surface area contributed by atoms with Crippen LogP contribution in [-0.2, 0) is 0 Å². The molecule has 0 amide bonds. The van der Waals surface area contributed by atoms with E-state index in [9.17, 15) is 0 Å². The molecule has 3 aromatic carbocycles. The van der Waals surface area contributed by atoms with Crippen molar-refractivity contribution in [2.45, 2.75) is 102 Å². The van der Waals surface area contributed by atoms with E-state index in [1.165, 1.54) is 39.0 Å². The minimum atomic E-state index is -4.64. The van der Waals surface area contributed by atoms with Crippen LogP contribution >= 0.6 is 0 Å². The van der Waals surface area contributed by atoms with E-state index < -0.39 is 17.7 Å². The van der Waals surface area contributed by atoms with Crippen LogP contribution in [0.5, 0.6) is 5.75 Å². The first kappa shape index (κ1) is 31.4. The number of anilines is 2. The third-order valence-electron chi connectivity index (χ3n) is 7.92. The average molecular weight is 555 g/mol. The van der Waals surface area contributed by atoms with Crippen molar-refractivity contribution in [2.75, 3.05) is 11.5 Å². The molecule has 40 heavy (non-hydrogen) atoms.